The molecule has 1 amide bonds. The molecule has 0 aliphatic carbocycles. The molecular weight excluding hydrogens is 523 g/mol. The quantitative estimate of drug-likeness (QED) is 0.185. The summed E-state index contributed by atoms with van der Waals surface area (Å²) >= 11 is 6.89. The molecule has 14 heteroatoms. The van der Waals surface area contributed by atoms with Gasteiger partial charge in [0, 0.05) is 26.1 Å². The molecule has 2 heterocycles. The molecular formula is C22H29ClF3N5O4S. The molecule has 200 valence electrons. The van der Waals surface area contributed by atoms with Gasteiger partial charge in [-0.15, -0.1) is 0 Å². The number of H-pyrrole nitrogens is 1. The van der Waals surface area contributed by atoms with E-state index >= 15 is 0 Å². The van der Waals surface area contributed by atoms with Crippen molar-refractivity contribution in [1.29, 1.82) is 0 Å². The highest BCUT2D eigenvalue weighted by Gasteiger charge is 2.40. The molecule has 0 spiro atoms. The molecule has 2 N–H and O–H groups in total. The number of ether oxygens (including phenoxy) is 2. The summed E-state index contributed by atoms with van der Waals surface area (Å²) in [5.74, 6) is -5.32. The standard InChI is InChI=1S/C22H29ClF3N5O4S/c1-7-22(25,26)12(8-10-31(11-9-27-5)20(33)35-21(2,3)4)34-18-13-15(14(24)16(23)29-18)28-19(36-6)30-17(13)32/h7,12,27H,1,8-11H2,2-6H3,(H,28,30,32)/t12-/m1/s1. The van der Waals surface area contributed by atoms with Gasteiger partial charge in [-0.25, -0.2) is 14.2 Å². The van der Waals surface area contributed by atoms with Crippen LogP contribution in [0.3, 0.4) is 0 Å². The van der Waals surface area contributed by atoms with Crippen molar-refractivity contribution < 1.29 is 27.4 Å². The highest BCUT2D eigenvalue weighted by molar-refractivity contribution is 7.98. The van der Waals surface area contributed by atoms with Crippen molar-refractivity contribution >= 4 is 40.4 Å². The molecule has 36 heavy (non-hydrogen) atoms. The van der Waals surface area contributed by atoms with Crippen LogP contribution in [-0.4, -0.2) is 76.5 Å². The fourth-order valence-corrected chi connectivity index (χ4v) is 3.56. The molecule has 0 aromatic carbocycles. The van der Waals surface area contributed by atoms with E-state index in [-0.39, 0.29) is 18.2 Å². The number of carbonyl (C=O) groups is 1. The molecule has 2 aromatic heterocycles. The second kappa shape index (κ2) is 12.2. The summed E-state index contributed by atoms with van der Waals surface area (Å²) in [6.45, 7) is 8.56. The molecule has 1 atom stereocenters. The molecule has 9 nitrogen and oxygen atoms in total. The molecule has 2 aromatic rings. The molecule has 0 bridgehead atoms. The third kappa shape index (κ3) is 7.50. The van der Waals surface area contributed by atoms with Crippen molar-refractivity contribution in [2.75, 3.05) is 32.9 Å². The minimum Gasteiger partial charge on any atom is -0.467 e. The van der Waals surface area contributed by atoms with Crippen molar-refractivity contribution in [2.45, 2.75) is 50.0 Å². The number of aromatic nitrogens is 3. The molecule has 0 fully saturated rings. The van der Waals surface area contributed by atoms with Crippen molar-refractivity contribution in [2.24, 2.45) is 0 Å². The van der Waals surface area contributed by atoms with Gasteiger partial charge in [-0.05, 0) is 40.2 Å². The number of pyridine rings is 1. The molecule has 2 rings (SSSR count). The third-order valence-electron chi connectivity index (χ3n) is 4.79. The van der Waals surface area contributed by atoms with Gasteiger partial charge in [0.2, 0.25) is 5.88 Å². The summed E-state index contributed by atoms with van der Waals surface area (Å²) in [5, 5.41) is 1.79. The Hall–Kier alpha value is -2.51. The van der Waals surface area contributed by atoms with E-state index in [0.717, 1.165) is 11.8 Å². The molecule has 0 radical (unpaired) electrons. The first kappa shape index (κ1) is 29.7. The van der Waals surface area contributed by atoms with Crippen LogP contribution < -0.4 is 15.6 Å². The Morgan fingerprint density at radius 1 is 1.33 bits per heavy atom. The van der Waals surface area contributed by atoms with Gasteiger partial charge in [-0.2, -0.15) is 13.8 Å². The SMILES string of the molecule is C=CC(F)(F)[C@@H](CCN(CCNC)C(=O)OC(C)(C)C)Oc1nc(Cl)c(F)c2nc(SC)[nH]c(=O)c12. The average Bonchev–Trinajstić information content (AvgIpc) is 2.79. The zero-order valence-corrected chi connectivity index (χ0v) is 22.2. The lowest BCUT2D eigenvalue weighted by molar-refractivity contribution is -0.0634. The van der Waals surface area contributed by atoms with Crippen LogP contribution in [0.5, 0.6) is 5.88 Å². The van der Waals surface area contributed by atoms with Crippen LogP contribution in [0.15, 0.2) is 22.6 Å². The topological polar surface area (TPSA) is 109 Å². The zero-order chi connectivity index (χ0) is 27.3. The summed E-state index contributed by atoms with van der Waals surface area (Å²) in [7, 11) is 1.67. The van der Waals surface area contributed by atoms with Crippen LogP contribution in [-0.2, 0) is 4.74 Å². The zero-order valence-electron chi connectivity index (χ0n) is 20.6. The van der Waals surface area contributed by atoms with Crippen LogP contribution in [0.2, 0.25) is 5.15 Å². The maximum absolute atomic E-state index is 14.8. The van der Waals surface area contributed by atoms with Gasteiger partial charge in [0.15, 0.2) is 22.2 Å². The predicted molar refractivity (Wildman–Crippen MR) is 133 cm³/mol. The maximum atomic E-state index is 14.8. The summed E-state index contributed by atoms with van der Waals surface area (Å²) < 4.78 is 55.1. The van der Waals surface area contributed by atoms with Crippen LogP contribution in [0.1, 0.15) is 27.2 Å². The van der Waals surface area contributed by atoms with Crippen molar-refractivity contribution in [3.8, 4) is 5.88 Å². The van der Waals surface area contributed by atoms with Crippen molar-refractivity contribution in [1.82, 2.24) is 25.2 Å². The Labute approximate surface area is 215 Å². The fraction of sp³-hybridized carbons (Fsp3) is 0.545. The number of nitrogens with zero attached hydrogens (tertiary/aromatic N) is 3. The second-order valence-corrected chi connectivity index (χ2v) is 9.82. The number of hydrogen-bond acceptors (Lipinski definition) is 8. The lowest BCUT2D eigenvalue weighted by atomic mass is 10.1. The van der Waals surface area contributed by atoms with Gasteiger partial charge in [0.05, 0.1) is 0 Å². The normalized spacial score (nSPS) is 12.9. The number of amides is 1. The van der Waals surface area contributed by atoms with E-state index in [1.54, 1.807) is 34.1 Å². The highest BCUT2D eigenvalue weighted by Crippen LogP contribution is 2.32. The summed E-state index contributed by atoms with van der Waals surface area (Å²) in [4.78, 5) is 36.6. The van der Waals surface area contributed by atoms with E-state index in [1.165, 1.54) is 4.90 Å². The molecule has 0 unspecified atom stereocenters. The number of fused-ring (bicyclic) bond motifs is 1. The first-order valence-electron chi connectivity index (χ1n) is 10.9. The fourth-order valence-electron chi connectivity index (χ4n) is 3.02. The maximum Gasteiger partial charge on any atom is 0.410 e. The Kier molecular flexibility index (Phi) is 10.0. The van der Waals surface area contributed by atoms with E-state index in [4.69, 9.17) is 21.1 Å². The van der Waals surface area contributed by atoms with Crippen LogP contribution in [0, 0.1) is 5.82 Å². The molecule has 0 aliphatic heterocycles. The minimum atomic E-state index is -3.61. The number of aromatic amines is 1. The van der Waals surface area contributed by atoms with E-state index in [1.807, 2.05) is 0 Å². The molecule has 0 aliphatic rings. The van der Waals surface area contributed by atoms with Crippen molar-refractivity contribution in [3.63, 3.8) is 0 Å². The van der Waals surface area contributed by atoms with Gasteiger partial charge >= 0.3 is 12.0 Å². The lowest BCUT2D eigenvalue weighted by Crippen LogP contribution is -2.44. The summed E-state index contributed by atoms with van der Waals surface area (Å²) in [5.41, 5.74) is -2.11. The Morgan fingerprint density at radius 3 is 2.56 bits per heavy atom. The Balaban J connectivity index is 2.45. The van der Waals surface area contributed by atoms with E-state index in [0.29, 0.717) is 12.6 Å². The minimum absolute atomic E-state index is 0.0881. The van der Waals surface area contributed by atoms with Gasteiger partial charge in [0.25, 0.3) is 5.56 Å². The second-order valence-electron chi connectivity index (χ2n) is 8.67. The Bertz CT molecular complexity index is 1160. The number of thioether (sulfide) groups is 1. The lowest BCUT2D eigenvalue weighted by Gasteiger charge is -2.30. The summed E-state index contributed by atoms with van der Waals surface area (Å²) in [6, 6.07) is 0. The number of halogens is 4. The van der Waals surface area contributed by atoms with E-state index in [2.05, 4.69) is 26.8 Å². The van der Waals surface area contributed by atoms with E-state index < -0.39 is 63.5 Å². The molecule has 0 saturated carbocycles. The number of rotatable bonds is 11. The predicted octanol–water partition coefficient (Wildman–Crippen LogP) is 4.25. The number of nitrogens with one attached hydrogen (secondary N) is 2. The molecule has 0 saturated heterocycles. The number of alkyl halides is 2. The van der Waals surface area contributed by atoms with Gasteiger partial charge < -0.3 is 24.7 Å². The van der Waals surface area contributed by atoms with Gasteiger partial charge in [-0.1, -0.05) is 29.9 Å². The highest BCUT2D eigenvalue weighted by atomic mass is 35.5. The Morgan fingerprint density at radius 2 is 2.00 bits per heavy atom. The number of carbonyl (C=O) groups excluding carboxylic acids is 1. The van der Waals surface area contributed by atoms with E-state index in [9.17, 15) is 22.8 Å². The largest absolute Gasteiger partial charge is 0.467 e. The van der Waals surface area contributed by atoms with Gasteiger partial charge in [-0.3, -0.25) is 4.79 Å². The monoisotopic (exact) mass is 551 g/mol. The summed E-state index contributed by atoms with van der Waals surface area (Å²) in [6.07, 6.45) is -1.06. The van der Waals surface area contributed by atoms with Crippen LogP contribution in [0.25, 0.3) is 10.9 Å². The van der Waals surface area contributed by atoms with Gasteiger partial charge in [0.1, 0.15) is 16.5 Å². The average molecular weight is 552 g/mol. The first-order valence-corrected chi connectivity index (χ1v) is 12.5. The van der Waals surface area contributed by atoms with Crippen LogP contribution >= 0.6 is 23.4 Å². The number of hydrogen-bond donors (Lipinski definition) is 2. The number of likely N-dealkylation sites (N-methyl/N-ethyl adjacent to an activating group) is 1. The smallest absolute Gasteiger partial charge is 0.410 e. The third-order valence-corrected chi connectivity index (χ3v) is 5.62. The van der Waals surface area contributed by atoms with Crippen LogP contribution in [0.4, 0.5) is 18.0 Å². The van der Waals surface area contributed by atoms with Crippen molar-refractivity contribution in [3.05, 3.63) is 34.0 Å². The first-order chi connectivity index (χ1) is 16.7.